The molecule has 20 heavy (non-hydrogen) atoms. The van der Waals surface area contributed by atoms with Gasteiger partial charge in [0.05, 0.1) is 5.56 Å². The third-order valence-electron chi connectivity index (χ3n) is 2.72. The summed E-state index contributed by atoms with van der Waals surface area (Å²) in [4.78, 5) is 11.4. The first-order chi connectivity index (χ1) is 9.60. The molecule has 0 heterocycles. The molecule has 0 aliphatic heterocycles. The van der Waals surface area contributed by atoms with Crippen LogP contribution < -0.4 is 15.8 Å². The fraction of sp³-hybridized carbons (Fsp3) is 0.133. The molecule has 0 fully saturated rings. The number of rotatable bonds is 5. The Morgan fingerprint density at radius 3 is 2.80 bits per heavy atom. The highest BCUT2D eigenvalue weighted by Gasteiger charge is 2.11. The van der Waals surface area contributed by atoms with Crippen LogP contribution in [0.2, 0.25) is 5.02 Å². The number of nitrogens with one attached hydrogen (secondary N) is 1. The van der Waals surface area contributed by atoms with Gasteiger partial charge in [0.15, 0.2) is 0 Å². The van der Waals surface area contributed by atoms with Crippen LogP contribution >= 0.6 is 11.6 Å². The Labute approximate surface area is 122 Å². The van der Waals surface area contributed by atoms with E-state index in [-0.39, 0.29) is 0 Å². The summed E-state index contributed by atoms with van der Waals surface area (Å²) < 4.78 is 5.73. The van der Waals surface area contributed by atoms with Crippen LogP contribution in [0.5, 0.6) is 11.5 Å². The summed E-state index contributed by atoms with van der Waals surface area (Å²) in [6.07, 6.45) is 0. The number of halogens is 1. The van der Waals surface area contributed by atoms with Gasteiger partial charge in [0.25, 0.3) is 5.91 Å². The van der Waals surface area contributed by atoms with Crippen molar-refractivity contribution in [1.82, 2.24) is 5.32 Å². The van der Waals surface area contributed by atoms with Crippen molar-refractivity contribution in [2.45, 2.75) is 6.54 Å². The molecule has 0 saturated carbocycles. The Kier molecular flexibility index (Phi) is 4.61. The molecule has 0 aliphatic carbocycles. The van der Waals surface area contributed by atoms with Crippen molar-refractivity contribution in [2.75, 3.05) is 7.05 Å². The first-order valence-electron chi connectivity index (χ1n) is 6.11. The highest BCUT2D eigenvalue weighted by molar-refractivity contribution is 6.30. The number of hydrogen-bond donors (Lipinski definition) is 2. The van der Waals surface area contributed by atoms with E-state index in [1.54, 1.807) is 18.2 Å². The maximum absolute atomic E-state index is 11.4. The summed E-state index contributed by atoms with van der Waals surface area (Å²) in [5, 5.41) is 3.55. The van der Waals surface area contributed by atoms with E-state index in [1.807, 2.05) is 31.3 Å². The smallest absolute Gasteiger partial charge is 0.252 e. The molecule has 0 bridgehead atoms. The molecule has 2 rings (SSSR count). The Balaban J connectivity index is 2.31. The van der Waals surface area contributed by atoms with Crippen molar-refractivity contribution in [3.05, 3.63) is 58.6 Å². The van der Waals surface area contributed by atoms with Gasteiger partial charge in [0, 0.05) is 17.6 Å². The molecule has 0 aliphatic rings. The number of carbonyl (C=O) groups is 1. The standard InChI is InChI=1S/C15H15ClN2O2/c1-18-9-10-3-2-4-12(7-10)20-14-8-11(16)5-6-13(14)15(17)19/h2-8,18H,9H2,1H3,(H2,17,19). The minimum absolute atomic E-state index is 0.299. The van der Waals surface area contributed by atoms with Gasteiger partial charge in [-0.15, -0.1) is 0 Å². The maximum Gasteiger partial charge on any atom is 0.252 e. The van der Waals surface area contributed by atoms with Gasteiger partial charge in [-0.3, -0.25) is 4.79 Å². The molecule has 0 radical (unpaired) electrons. The van der Waals surface area contributed by atoms with Gasteiger partial charge >= 0.3 is 0 Å². The van der Waals surface area contributed by atoms with Gasteiger partial charge in [0.2, 0.25) is 0 Å². The van der Waals surface area contributed by atoms with E-state index in [9.17, 15) is 4.79 Å². The Morgan fingerprint density at radius 2 is 2.10 bits per heavy atom. The number of amides is 1. The third kappa shape index (κ3) is 3.50. The van der Waals surface area contributed by atoms with Crippen LogP contribution in [0.3, 0.4) is 0 Å². The lowest BCUT2D eigenvalue weighted by Gasteiger charge is -2.10. The molecule has 0 saturated heterocycles. The summed E-state index contributed by atoms with van der Waals surface area (Å²) in [5.74, 6) is 0.428. The first-order valence-corrected chi connectivity index (χ1v) is 6.48. The summed E-state index contributed by atoms with van der Waals surface area (Å²) in [6, 6.07) is 12.3. The molecule has 0 spiro atoms. The van der Waals surface area contributed by atoms with E-state index in [1.165, 1.54) is 0 Å². The van der Waals surface area contributed by atoms with Crippen molar-refractivity contribution in [2.24, 2.45) is 5.73 Å². The van der Waals surface area contributed by atoms with Crippen molar-refractivity contribution < 1.29 is 9.53 Å². The highest BCUT2D eigenvalue weighted by Crippen LogP contribution is 2.28. The van der Waals surface area contributed by atoms with Crippen molar-refractivity contribution in [1.29, 1.82) is 0 Å². The average Bonchev–Trinajstić information content (AvgIpc) is 2.39. The van der Waals surface area contributed by atoms with E-state index < -0.39 is 5.91 Å². The number of carbonyl (C=O) groups excluding carboxylic acids is 1. The first kappa shape index (κ1) is 14.4. The second-order valence-corrected chi connectivity index (χ2v) is 4.72. The molecule has 0 atom stereocenters. The SMILES string of the molecule is CNCc1cccc(Oc2cc(Cl)ccc2C(N)=O)c1. The lowest BCUT2D eigenvalue weighted by molar-refractivity contribution is 0.0998. The number of ether oxygens (including phenoxy) is 1. The van der Waals surface area contributed by atoms with Gasteiger partial charge < -0.3 is 15.8 Å². The second-order valence-electron chi connectivity index (χ2n) is 4.28. The van der Waals surface area contributed by atoms with Crippen LogP contribution in [0, 0.1) is 0 Å². The molecule has 2 aromatic carbocycles. The molecule has 0 aromatic heterocycles. The maximum atomic E-state index is 11.4. The van der Waals surface area contributed by atoms with Crippen LogP contribution in [0.1, 0.15) is 15.9 Å². The van der Waals surface area contributed by atoms with Crippen molar-refractivity contribution in [3.63, 3.8) is 0 Å². The van der Waals surface area contributed by atoms with Crippen LogP contribution in [0.4, 0.5) is 0 Å². The fourth-order valence-corrected chi connectivity index (χ4v) is 2.00. The van der Waals surface area contributed by atoms with Crippen LogP contribution in [-0.4, -0.2) is 13.0 Å². The molecule has 3 N–H and O–H groups in total. The summed E-state index contributed by atoms with van der Waals surface area (Å²) >= 11 is 5.93. The second kappa shape index (κ2) is 6.41. The minimum atomic E-state index is -0.553. The molecule has 5 heteroatoms. The average molecular weight is 291 g/mol. The Morgan fingerprint density at radius 1 is 1.30 bits per heavy atom. The van der Waals surface area contributed by atoms with E-state index in [2.05, 4.69) is 5.32 Å². The number of benzene rings is 2. The van der Waals surface area contributed by atoms with E-state index in [0.717, 1.165) is 12.1 Å². The predicted octanol–water partition coefficient (Wildman–Crippen LogP) is 2.95. The largest absolute Gasteiger partial charge is 0.456 e. The topological polar surface area (TPSA) is 64.3 Å². The number of primary amides is 1. The number of hydrogen-bond acceptors (Lipinski definition) is 3. The van der Waals surface area contributed by atoms with Crippen LogP contribution in [0.25, 0.3) is 0 Å². The van der Waals surface area contributed by atoms with Gasteiger partial charge in [-0.25, -0.2) is 0 Å². The zero-order valence-corrected chi connectivity index (χ0v) is 11.8. The minimum Gasteiger partial charge on any atom is -0.456 e. The van der Waals surface area contributed by atoms with Crippen molar-refractivity contribution in [3.8, 4) is 11.5 Å². The molecule has 0 unspecified atom stereocenters. The molecular formula is C15H15ClN2O2. The highest BCUT2D eigenvalue weighted by atomic mass is 35.5. The Hall–Kier alpha value is -2.04. The van der Waals surface area contributed by atoms with E-state index in [0.29, 0.717) is 22.1 Å². The van der Waals surface area contributed by atoms with E-state index >= 15 is 0 Å². The number of nitrogens with two attached hydrogens (primary N) is 1. The van der Waals surface area contributed by atoms with Gasteiger partial charge in [-0.2, -0.15) is 0 Å². The van der Waals surface area contributed by atoms with Gasteiger partial charge in [-0.1, -0.05) is 23.7 Å². The van der Waals surface area contributed by atoms with Crippen molar-refractivity contribution >= 4 is 17.5 Å². The Bertz CT molecular complexity index is 629. The van der Waals surface area contributed by atoms with Gasteiger partial charge in [0.1, 0.15) is 11.5 Å². The zero-order valence-electron chi connectivity index (χ0n) is 11.0. The lowest BCUT2D eigenvalue weighted by atomic mass is 10.2. The summed E-state index contributed by atoms with van der Waals surface area (Å²) in [5.41, 5.74) is 6.70. The van der Waals surface area contributed by atoms with Crippen LogP contribution in [-0.2, 0) is 6.54 Å². The fourth-order valence-electron chi connectivity index (χ4n) is 1.83. The van der Waals surface area contributed by atoms with Crippen LogP contribution in [0.15, 0.2) is 42.5 Å². The monoisotopic (exact) mass is 290 g/mol. The normalized spacial score (nSPS) is 10.3. The predicted molar refractivity (Wildman–Crippen MR) is 79.2 cm³/mol. The lowest BCUT2D eigenvalue weighted by Crippen LogP contribution is -2.12. The molecular weight excluding hydrogens is 276 g/mol. The summed E-state index contributed by atoms with van der Waals surface area (Å²) in [7, 11) is 1.87. The molecule has 1 amide bonds. The summed E-state index contributed by atoms with van der Waals surface area (Å²) in [6.45, 7) is 0.732. The quantitative estimate of drug-likeness (QED) is 0.890. The zero-order chi connectivity index (χ0) is 14.5. The third-order valence-corrected chi connectivity index (χ3v) is 2.95. The molecule has 4 nitrogen and oxygen atoms in total. The van der Waals surface area contributed by atoms with Gasteiger partial charge in [-0.05, 0) is 36.9 Å². The molecule has 104 valence electrons. The van der Waals surface area contributed by atoms with E-state index in [4.69, 9.17) is 22.1 Å². The molecule has 2 aromatic rings.